The summed E-state index contributed by atoms with van der Waals surface area (Å²) in [5, 5.41) is 2.81. The molecule has 0 bridgehead atoms. The first-order chi connectivity index (χ1) is 13.3. The van der Waals surface area contributed by atoms with Gasteiger partial charge in [-0.05, 0) is 61.2 Å². The third-order valence-corrected chi connectivity index (χ3v) is 6.44. The van der Waals surface area contributed by atoms with Gasteiger partial charge >= 0.3 is 0 Å². The van der Waals surface area contributed by atoms with Gasteiger partial charge in [-0.3, -0.25) is 9.59 Å². The summed E-state index contributed by atoms with van der Waals surface area (Å²) in [5.74, 6) is -0.391. The molecule has 1 heterocycles. The number of rotatable bonds is 5. The molecule has 1 aliphatic carbocycles. The van der Waals surface area contributed by atoms with Crippen LogP contribution in [0, 0.1) is 0 Å². The number of nitrogens with one attached hydrogen (secondary N) is 2. The Bertz CT molecular complexity index is 1060. The van der Waals surface area contributed by atoms with Crippen LogP contribution in [0.2, 0.25) is 0 Å². The van der Waals surface area contributed by atoms with Crippen LogP contribution in [0.25, 0.3) is 0 Å². The van der Waals surface area contributed by atoms with Crippen LogP contribution in [-0.2, 0) is 21.2 Å². The van der Waals surface area contributed by atoms with E-state index in [1.54, 1.807) is 23.1 Å². The fourth-order valence-corrected chi connectivity index (χ4v) is 4.65. The van der Waals surface area contributed by atoms with Crippen LogP contribution in [-0.4, -0.2) is 32.8 Å². The van der Waals surface area contributed by atoms with E-state index in [0.717, 1.165) is 30.5 Å². The minimum absolute atomic E-state index is 0.00321. The summed E-state index contributed by atoms with van der Waals surface area (Å²) in [6.07, 6.45) is 2.43. The first-order valence-corrected chi connectivity index (χ1v) is 10.7. The van der Waals surface area contributed by atoms with Gasteiger partial charge in [0.2, 0.25) is 15.9 Å². The summed E-state index contributed by atoms with van der Waals surface area (Å²) in [6.45, 7) is 2.17. The average molecular weight is 399 g/mol. The molecule has 0 saturated heterocycles. The van der Waals surface area contributed by atoms with Gasteiger partial charge in [0.25, 0.3) is 5.91 Å². The summed E-state index contributed by atoms with van der Waals surface area (Å²) in [5.41, 5.74) is 2.74. The molecule has 0 unspecified atom stereocenters. The lowest BCUT2D eigenvalue weighted by Gasteiger charge is -2.15. The maximum Gasteiger partial charge on any atom is 0.255 e. The fraction of sp³-hybridized carbons (Fsp3) is 0.300. The monoisotopic (exact) mass is 399 g/mol. The minimum Gasteiger partial charge on any atom is -0.322 e. The van der Waals surface area contributed by atoms with E-state index in [0.29, 0.717) is 12.2 Å². The van der Waals surface area contributed by atoms with Crippen molar-refractivity contribution in [3.63, 3.8) is 0 Å². The molecule has 7 nitrogen and oxygen atoms in total. The second kappa shape index (κ2) is 7.03. The molecule has 0 aromatic heterocycles. The number of amides is 2. The van der Waals surface area contributed by atoms with Crippen molar-refractivity contribution < 1.29 is 18.0 Å². The van der Waals surface area contributed by atoms with Gasteiger partial charge in [-0.1, -0.05) is 6.07 Å². The third kappa shape index (κ3) is 3.79. The van der Waals surface area contributed by atoms with Gasteiger partial charge in [0.05, 0.1) is 4.90 Å². The Kier molecular flexibility index (Phi) is 4.68. The summed E-state index contributed by atoms with van der Waals surface area (Å²) < 4.78 is 27.3. The molecule has 1 aliphatic heterocycles. The third-order valence-electron chi connectivity index (χ3n) is 4.92. The zero-order valence-electron chi connectivity index (χ0n) is 15.4. The molecule has 28 heavy (non-hydrogen) atoms. The normalized spacial score (nSPS) is 16.0. The maximum absolute atomic E-state index is 12.6. The molecule has 2 aromatic rings. The predicted octanol–water partition coefficient (Wildman–Crippen LogP) is 2.29. The number of sulfonamides is 1. The molecule has 4 rings (SSSR count). The largest absolute Gasteiger partial charge is 0.322 e. The zero-order valence-corrected chi connectivity index (χ0v) is 16.3. The quantitative estimate of drug-likeness (QED) is 0.806. The Hall–Kier alpha value is -2.71. The molecule has 1 fully saturated rings. The van der Waals surface area contributed by atoms with E-state index in [9.17, 15) is 18.0 Å². The van der Waals surface area contributed by atoms with Crippen LogP contribution < -0.4 is 14.9 Å². The Balaban J connectivity index is 1.51. The van der Waals surface area contributed by atoms with Crippen molar-refractivity contribution in [3.05, 3.63) is 53.6 Å². The van der Waals surface area contributed by atoms with Crippen molar-refractivity contribution in [3.8, 4) is 0 Å². The van der Waals surface area contributed by atoms with Crippen LogP contribution >= 0.6 is 0 Å². The molecular formula is C20H21N3O4S. The Morgan fingerprint density at radius 2 is 1.89 bits per heavy atom. The van der Waals surface area contributed by atoms with Crippen molar-refractivity contribution in [1.29, 1.82) is 0 Å². The highest BCUT2D eigenvalue weighted by molar-refractivity contribution is 7.89. The highest BCUT2D eigenvalue weighted by Crippen LogP contribution is 2.30. The molecule has 2 aromatic carbocycles. The van der Waals surface area contributed by atoms with Crippen molar-refractivity contribution in [2.45, 2.75) is 37.1 Å². The number of nitrogens with zero attached hydrogens (tertiary/aromatic N) is 1. The van der Waals surface area contributed by atoms with Gasteiger partial charge in [0, 0.05) is 36.4 Å². The lowest BCUT2D eigenvalue weighted by atomic mass is 10.1. The molecule has 2 aliphatic rings. The Morgan fingerprint density at radius 1 is 1.11 bits per heavy atom. The summed E-state index contributed by atoms with van der Waals surface area (Å²) in [7, 11) is -3.62. The number of carbonyl (C=O) groups is 2. The number of hydrogen-bond acceptors (Lipinski definition) is 4. The molecule has 1 saturated carbocycles. The molecule has 2 amide bonds. The fourth-order valence-electron chi connectivity index (χ4n) is 3.30. The number of carbonyl (C=O) groups excluding carboxylic acids is 2. The van der Waals surface area contributed by atoms with E-state index in [2.05, 4.69) is 10.0 Å². The summed E-state index contributed by atoms with van der Waals surface area (Å²) in [6, 6.07) is 11.4. The molecule has 0 spiro atoms. The van der Waals surface area contributed by atoms with Crippen LogP contribution in [0.4, 0.5) is 11.4 Å². The van der Waals surface area contributed by atoms with Gasteiger partial charge < -0.3 is 10.2 Å². The molecule has 0 radical (unpaired) electrons. The lowest BCUT2D eigenvalue weighted by Crippen LogP contribution is -2.26. The van der Waals surface area contributed by atoms with Gasteiger partial charge in [-0.25, -0.2) is 13.1 Å². The standard InChI is InChI=1S/C20H21N3O4S/c1-13(24)23-10-9-14-11-17(7-8-19(14)23)21-20(25)15-3-2-4-18(12-15)28(26,27)22-16-5-6-16/h2-4,7-8,11-12,16,22H,5-6,9-10H2,1H3,(H,21,25). The molecular weight excluding hydrogens is 378 g/mol. The molecule has 2 N–H and O–H groups in total. The van der Waals surface area contributed by atoms with E-state index in [4.69, 9.17) is 0 Å². The SMILES string of the molecule is CC(=O)N1CCc2cc(NC(=O)c3cccc(S(=O)(=O)NC4CC4)c3)ccc21. The average Bonchev–Trinajstić information content (AvgIpc) is 3.36. The van der Waals surface area contributed by atoms with Crippen LogP contribution in [0.15, 0.2) is 47.4 Å². The maximum atomic E-state index is 12.6. The summed E-state index contributed by atoms with van der Waals surface area (Å²) >= 11 is 0. The molecule has 8 heteroatoms. The smallest absolute Gasteiger partial charge is 0.255 e. The van der Waals surface area contributed by atoms with Gasteiger partial charge in [-0.15, -0.1) is 0 Å². The second-order valence-corrected chi connectivity index (χ2v) is 8.86. The second-order valence-electron chi connectivity index (χ2n) is 7.14. The molecule has 146 valence electrons. The first kappa shape index (κ1) is 18.6. The van der Waals surface area contributed by atoms with Crippen molar-refractivity contribution in [1.82, 2.24) is 4.72 Å². The minimum atomic E-state index is -3.62. The topological polar surface area (TPSA) is 95.6 Å². The van der Waals surface area contributed by atoms with Crippen molar-refractivity contribution in [2.75, 3.05) is 16.8 Å². The van der Waals surface area contributed by atoms with Gasteiger partial charge in [0.1, 0.15) is 0 Å². The highest BCUT2D eigenvalue weighted by atomic mass is 32.2. The van der Waals surface area contributed by atoms with Crippen LogP contribution in [0.1, 0.15) is 35.7 Å². The number of benzene rings is 2. The Labute approximate surface area is 163 Å². The Morgan fingerprint density at radius 3 is 2.61 bits per heavy atom. The zero-order chi connectivity index (χ0) is 19.9. The predicted molar refractivity (Wildman–Crippen MR) is 106 cm³/mol. The number of hydrogen-bond donors (Lipinski definition) is 2. The van der Waals surface area contributed by atoms with E-state index >= 15 is 0 Å². The molecule has 0 atom stereocenters. The first-order valence-electron chi connectivity index (χ1n) is 9.18. The van der Waals surface area contributed by atoms with Crippen molar-refractivity contribution in [2.24, 2.45) is 0 Å². The lowest BCUT2D eigenvalue weighted by molar-refractivity contribution is -0.116. The van der Waals surface area contributed by atoms with Crippen LogP contribution in [0.5, 0.6) is 0 Å². The summed E-state index contributed by atoms with van der Waals surface area (Å²) in [4.78, 5) is 26.0. The van der Waals surface area contributed by atoms with Gasteiger partial charge in [0.15, 0.2) is 0 Å². The highest BCUT2D eigenvalue weighted by Gasteiger charge is 2.28. The van der Waals surface area contributed by atoms with E-state index in [-0.39, 0.29) is 28.3 Å². The number of anilines is 2. The number of fused-ring (bicyclic) bond motifs is 1. The van der Waals surface area contributed by atoms with Gasteiger partial charge in [-0.2, -0.15) is 0 Å². The van der Waals surface area contributed by atoms with E-state index in [1.807, 2.05) is 12.1 Å². The van der Waals surface area contributed by atoms with E-state index in [1.165, 1.54) is 19.1 Å². The van der Waals surface area contributed by atoms with E-state index < -0.39 is 10.0 Å². The van der Waals surface area contributed by atoms with Crippen molar-refractivity contribution >= 4 is 33.2 Å². The van der Waals surface area contributed by atoms with Crippen LogP contribution in [0.3, 0.4) is 0 Å².